The molecule has 94 valence electrons. The summed E-state index contributed by atoms with van der Waals surface area (Å²) >= 11 is 5.87. The van der Waals surface area contributed by atoms with Gasteiger partial charge in [-0.15, -0.1) is 0 Å². The number of hydrogen-bond donors (Lipinski definition) is 2. The number of halogens is 1. The van der Waals surface area contributed by atoms with E-state index < -0.39 is 0 Å². The molecule has 2 rings (SSSR count). The lowest BCUT2D eigenvalue weighted by Crippen LogP contribution is -2.32. The lowest BCUT2D eigenvalue weighted by Gasteiger charge is -2.15. The van der Waals surface area contributed by atoms with Crippen molar-refractivity contribution in [3.8, 4) is 6.07 Å². The van der Waals surface area contributed by atoms with E-state index in [2.05, 4.69) is 10.6 Å². The SMILES string of the molecule is CC1NCCC1C(=O)Nc1cc(Cl)ccc1C#N. The molecular formula is C13H14ClN3O. The Hall–Kier alpha value is -1.57. The fourth-order valence-electron chi connectivity index (χ4n) is 2.16. The van der Waals surface area contributed by atoms with Gasteiger partial charge in [0.25, 0.3) is 0 Å². The number of rotatable bonds is 2. The molecule has 2 unspecified atom stereocenters. The quantitative estimate of drug-likeness (QED) is 0.859. The van der Waals surface area contributed by atoms with Gasteiger partial charge in [0.2, 0.25) is 5.91 Å². The maximum Gasteiger partial charge on any atom is 0.229 e. The number of amides is 1. The van der Waals surface area contributed by atoms with E-state index in [-0.39, 0.29) is 17.9 Å². The highest BCUT2D eigenvalue weighted by molar-refractivity contribution is 6.31. The molecule has 1 aliphatic rings. The van der Waals surface area contributed by atoms with Crippen LogP contribution < -0.4 is 10.6 Å². The Bertz CT molecular complexity index is 509. The highest BCUT2D eigenvalue weighted by atomic mass is 35.5. The van der Waals surface area contributed by atoms with Gasteiger partial charge in [0, 0.05) is 11.1 Å². The maximum absolute atomic E-state index is 12.1. The molecule has 0 radical (unpaired) electrons. The molecule has 18 heavy (non-hydrogen) atoms. The zero-order valence-corrected chi connectivity index (χ0v) is 10.8. The summed E-state index contributed by atoms with van der Waals surface area (Å²) in [6, 6.07) is 7.04. The third kappa shape index (κ3) is 2.63. The third-order valence-electron chi connectivity index (χ3n) is 3.22. The summed E-state index contributed by atoms with van der Waals surface area (Å²) < 4.78 is 0. The normalized spacial score (nSPS) is 22.5. The van der Waals surface area contributed by atoms with Crippen molar-refractivity contribution in [3.05, 3.63) is 28.8 Å². The van der Waals surface area contributed by atoms with Gasteiger partial charge in [0.15, 0.2) is 0 Å². The minimum atomic E-state index is -0.0636. The second-order valence-corrected chi connectivity index (χ2v) is 4.87. The minimum absolute atomic E-state index is 0.0597. The van der Waals surface area contributed by atoms with E-state index in [0.29, 0.717) is 16.3 Å². The van der Waals surface area contributed by atoms with Gasteiger partial charge < -0.3 is 10.6 Å². The predicted octanol–water partition coefficient (Wildman–Crippen LogP) is 2.15. The number of hydrogen-bond acceptors (Lipinski definition) is 3. The molecule has 1 aromatic carbocycles. The standard InChI is InChI=1S/C13H14ClN3O/c1-8-11(4-5-16-8)13(18)17-12-6-10(14)3-2-9(12)7-15/h2-3,6,8,11,16H,4-5H2,1H3,(H,17,18). The van der Waals surface area contributed by atoms with Crippen LogP contribution in [0.5, 0.6) is 0 Å². The summed E-state index contributed by atoms with van der Waals surface area (Å²) in [5, 5.41) is 15.5. The van der Waals surface area contributed by atoms with Crippen LogP contribution in [0.4, 0.5) is 5.69 Å². The van der Waals surface area contributed by atoms with Crippen molar-refractivity contribution in [1.82, 2.24) is 5.32 Å². The van der Waals surface area contributed by atoms with Crippen LogP contribution in [0.3, 0.4) is 0 Å². The van der Waals surface area contributed by atoms with Crippen LogP contribution in [-0.2, 0) is 4.79 Å². The van der Waals surface area contributed by atoms with Gasteiger partial charge in [-0.3, -0.25) is 4.79 Å². The van der Waals surface area contributed by atoms with E-state index in [4.69, 9.17) is 16.9 Å². The summed E-state index contributed by atoms with van der Waals surface area (Å²) in [4.78, 5) is 12.1. The van der Waals surface area contributed by atoms with Gasteiger partial charge in [-0.05, 0) is 38.1 Å². The van der Waals surface area contributed by atoms with Crippen LogP contribution in [0.25, 0.3) is 0 Å². The summed E-state index contributed by atoms with van der Waals surface area (Å²) in [6.07, 6.45) is 0.815. The number of carbonyl (C=O) groups excluding carboxylic acids is 1. The topological polar surface area (TPSA) is 64.9 Å². The van der Waals surface area contributed by atoms with Gasteiger partial charge in [-0.2, -0.15) is 5.26 Å². The monoisotopic (exact) mass is 263 g/mol. The fraction of sp³-hybridized carbons (Fsp3) is 0.385. The Kier molecular flexibility index (Phi) is 3.85. The Morgan fingerprint density at radius 3 is 3.00 bits per heavy atom. The van der Waals surface area contributed by atoms with Gasteiger partial charge >= 0.3 is 0 Å². The maximum atomic E-state index is 12.1. The van der Waals surface area contributed by atoms with Crippen molar-refractivity contribution >= 4 is 23.2 Å². The molecule has 0 spiro atoms. The molecule has 2 atom stereocenters. The molecule has 1 aromatic rings. The number of carbonyl (C=O) groups is 1. The Labute approximate surface area is 111 Å². The van der Waals surface area contributed by atoms with Crippen molar-refractivity contribution < 1.29 is 4.79 Å². The van der Waals surface area contributed by atoms with E-state index in [1.165, 1.54) is 0 Å². The molecule has 1 saturated heterocycles. The lowest BCUT2D eigenvalue weighted by molar-refractivity contribution is -0.120. The van der Waals surface area contributed by atoms with Crippen molar-refractivity contribution in [2.75, 3.05) is 11.9 Å². The summed E-state index contributed by atoms with van der Waals surface area (Å²) in [7, 11) is 0. The average Bonchev–Trinajstić information content (AvgIpc) is 2.76. The summed E-state index contributed by atoms with van der Waals surface area (Å²) in [6.45, 7) is 2.83. The van der Waals surface area contributed by atoms with Gasteiger partial charge in [-0.1, -0.05) is 11.6 Å². The van der Waals surface area contributed by atoms with Crippen molar-refractivity contribution in [2.45, 2.75) is 19.4 Å². The summed E-state index contributed by atoms with van der Waals surface area (Å²) in [5.41, 5.74) is 0.903. The van der Waals surface area contributed by atoms with Crippen LogP contribution in [0.15, 0.2) is 18.2 Å². The zero-order valence-electron chi connectivity index (χ0n) is 10.0. The van der Waals surface area contributed by atoms with E-state index in [1.807, 2.05) is 13.0 Å². The Balaban J connectivity index is 2.16. The van der Waals surface area contributed by atoms with Crippen LogP contribution in [-0.4, -0.2) is 18.5 Å². The number of anilines is 1. The third-order valence-corrected chi connectivity index (χ3v) is 3.46. The number of benzene rings is 1. The van der Waals surface area contributed by atoms with E-state index in [1.54, 1.807) is 18.2 Å². The second kappa shape index (κ2) is 5.38. The average molecular weight is 264 g/mol. The molecule has 2 N–H and O–H groups in total. The first-order valence-corrected chi connectivity index (χ1v) is 6.23. The molecule has 1 aliphatic heterocycles. The highest BCUT2D eigenvalue weighted by Crippen LogP contribution is 2.23. The highest BCUT2D eigenvalue weighted by Gasteiger charge is 2.29. The van der Waals surface area contributed by atoms with E-state index in [9.17, 15) is 4.79 Å². The predicted molar refractivity (Wildman–Crippen MR) is 70.4 cm³/mol. The summed E-state index contributed by atoms with van der Waals surface area (Å²) in [5.74, 6) is -0.123. The first kappa shape index (κ1) is 12.9. The number of nitrogens with zero attached hydrogens (tertiary/aromatic N) is 1. The van der Waals surface area contributed by atoms with Crippen LogP contribution in [0.1, 0.15) is 18.9 Å². The van der Waals surface area contributed by atoms with Gasteiger partial charge in [0.1, 0.15) is 6.07 Å². The molecule has 1 fully saturated rings. The van der Waals surface area contributed by atoms with Crippen molar-refractivity contribution in [1.29, 1.82) is 5.26 Å². The Morgan fingerprint density at radius 1 is 1.61 bits per heavy atom. The van der Waals surface area contributed by atoms with Crippen LogP contribution >= 0.6 is 11.6 Å². The molecule has 0 aromatic heterocycles. The number of nitrogens with one attached hydrogen (secondary N) is 2. The smallest absolute Gasteiger partial charge is 0.229 e. The molecule has 0 bridgehead atoms. The fourth-order valence-corrected chi connectivity index (χ4v) is 2.33. The first-order chi connectivity index (χ1) is 8.61. The molecule has 1 amide bonds. The molecule has 0 aliphatic carbocycles. The molecule has 1 heterocycles. The van der Waals surface area contributed by atoms with Crippen LogP contribution in [0.2, 0.25) is 5.02 Å². The molecule has 0 saturated carbocycles. The van der Waals surface area contributed by atoms with Crippen LogP contribution in [0, 0.1) is 17.2 Å². The molecule has 5 heteroatoms. The lowest BCUT2D eigenvalue weighted by atomic mass is 10.0. The first-order valence-electron chi connectivity index (χ1n) is 5.85. The minimum Gasteiger partial charge on any atom is -0.325 e. The van der Waals surface area contributed by atoms with E-state index >= 15 is 0 Å². The zero-order chi connectivity index (χ0) is 13.1. The van der Waals surface area contributed by atoms with Gasteiger partial charge in [-0.25, -0.2) is 0 Å². The van der Waals surface area contributed by atoms with Crippen molar-refractivity contribution in [2.24, 2.45) is 5.92 Å². The molecule has 4 nitrogen and oxygen atoms in total. The largest absolute Gasteiger partial charge is 0.325 e. The van der Waals surface area contributed by atoms with Gasteiger partial charge in [0.05, 0.1) is 17.2 Å². The second-order valence-electron chi connectivity index (χ2n) is 4.43. The Morgan fingerprint density at radius 2 is 2.39 bits per heavy atom. The van der Waals surface area contributed by atoms with Crippen molar-refractivity contribution in [3.63, 3.8) is 0 Å². The molecular weight excluding hydrogens is 250 g/mol. The number of nitriles is 1. The van der Waals surface area contributed by atoms with E-state index in [0.717, 1.165) is 13.0 Å².